The van der Waals surface area contributed by atoms with Crippen LogP contribution in [0, 0.1) is 17.0 Å². The molecule has 0 radical (unpaired) electrons. The topological polar surface area (TPSA) is 75.5 Å². The Balaban J connectivity index is 2.22. The number of hydrogen-bond acceptors (Lipinski definition) is 4. The molecule has 0 bridgehead atoms. The van der Waals surface area contributed by atoms with Gasteiger partial charge in [-0.3, -0.25) is 14.9 Å². The third-order valence-electron chi connectivity index (χ3n) is 3.40. The Morgan fingerprint density at radius 3 is 2.32 bits per heavy atom. The summed E-state index contributed by atoms with van der Waals surface area (Å²) in [5, 5.41) is 13.6. The maximum atomic E-state index is 12.2. The SMILES string of the molecule is Cc1c(NC(=O)c2ccc(N(C)C)cc2)cccc1[N+](=O)[O-]. The lowest BCUT2D eigenvalue weighted by Gasteiger charge is -2.13. The number of rotatable bonds is 4. The van der Waals surface area contributed by atoms with E-state index in [1.165, 1.54) is 6.07 Å². The zero-order valence-electron chi connectivity index (χ0n) is 12.7. The zero-order chi connectivity index (χ0) is 16.3. The van der Waals surface area contributed by atoms with E-state index in [4.69, 9.17) is 0 Å². The molecule has 0 spiro atoms. The molecule has 2 aromatic carbocycles. The standard InChI is InChI=1S/C16H17N3O3/c1-11-14(5-4-6-15(11)19(21)22)17-16(20)12-7-9-13(10-8-12)18(2)3/h4-10H,1-3H3,(H,17,20). The molecule has 6 heteroatoms. The van der Waals surface area contributed by atoms with Gasteiger partial charge in [0.1, 0.15) is 0 Å². The van der Waals surface area contributed by atoms with Crippen molar-refractivity contribution >= 4 is 23.0 Å². The first-order valence-electron chi connectivity index (χ1n) is 6.73. The Bertz CT molecular complexity index is 709. The average Bonchev–Trinajstić information content (AvgIpc) is 2.49. The third kappa shape index (κ3) is 3.22. The number of nitro groups is 1. The van der Waals surface area contributed by atoms with E-state index < -0.39 is 4.92 Å². The van der Waals surface area contributed by atoms with Crippen molar-refractivity contribution in [1.29, 1.82) is 0 Å². The molecule has 2 aromatic rings. The fourth-order valence-corrected chi connectivity index (χ4v) is 2.06. The average molecular weight is 299 g/mol. The number of anilines is 2. The summed E-state index contributed by atoms with van der Waals surface area (Å²) in [6.07, 6.45) is 0. The second kappa shape index (κ2) is 6.26. The predicted molar refractivity (Wildman–Crippen MR) is 86.6 cm³/mol. The highest BCUT2D eigenvalue weighted by molar-refractivity contribution is 6.05. The molecule has 0 fully saturated rings. The fraction of sp³-hybridized carbons (Fsp3) is 0.188. The van der Waals surface area contributed by atoms with E-state index >= 15 is 0 Å². The molecule has 0 aliphatic carbocycles. The van der Waals surface area contributed by atoms with Gasteiger partial charge in [-0.2, -0.15) is 0 Å². The van der Waals surface area contributed by atoms with Gasteiger partial charge in [0, 0.05) is 31.4 Å². The van der Waals surface area contributed by atoms with Crippen molar-refractivity contribution in [3.05, 3.63) is 63.7 Å². The van der Waals surface area contributed by atoms with Crippen LogP contribution in [0.4, 0.5) is 17.1 Å². The maximum absolute atomic E-state index is 12.2. The molecule has 0 heterocycles. The number of nitrogens with one attached hydrogen (secondary N) is 1. The summed E-state index contributed by atoms with van der Waals surface area (Å²) < 4.78 is 0. The minimum absolute atomic E-state index is 0.0132. The van der Waals surface area contributed by atoms with Gasteiger partial charge >= 0.3 is 0 Å². The molecule has 6 nitrogen and oxygen atoms in total. The van der Waals surface area contributed by atoms with Crippen LogP contribution in [-0.4, -0.2) is 24.9 Å². The van der Waals surface area contributed by atoms with E-state index in [0.717, 1.165) is 5.69 Å². The first-order valence-corrected chi connectivity index (χ1v) is 6.73. The van der Waals surface area contributed by atoms with Crippen LogP contribution in [0.25, 0.3) is 0 Å². The Kier molecular flexibility index (Phi) is 4.41. The number of benzene rings is 2. The Labute approximate surface area is 128 Å². The van der Waals surface area contributed by atoms with Crippen molar-refractivity contribution in [3.8, 4) is 0 Å². The van der Waals surface area contributed by atoms with E-state index in [9.17, 15) is 14.9 Å². The molecule has 2 rings (SSSR count). The fourth-order valence-electron chi connectivity index (χ4n) is 2.06. The van der Waals surface area contributed by atoms with Crippen molar-refractivity contribution in [3.63, 3.8) is 0 Å². The van der Waals surface area contributed by atoms with Crippen molar-refractivity contribution in [2.75, 3.05) is 24.3 Å². The number of carbonyl (C=O) groups excluding carboxylic acids is 1. The van der Waals surface area contributed by atoms with Gasteiger partial charge in [0.15, 0.2) is 0 Å². The normalized spacial score (nSPS) is 10.1. The highest BCUT2D eigenvalue weighted by Gasteiger charge is 2.15. The largest absolute Gasteiger partial charge is 0.378 e. The highest BCUT2D eigenvalue weighted by Crippen LogP contribution is 2.25. The number of nitro benzene ring substituents is 1. The van der Waals surface area contributed by atoms with Gasteiger partial charge in [0.2, 0.25) is 0 Å². The molecule has 0 saturated carbocycles. The van der Waals surface area contributed by atoms with E-state index in [-0.39, 0.29) is 11.6 Å². The third-order valence-corrected chi connectivity index (χ3v) is 3.40. The maximum Gasteiger partial charge on any atom is 0.274 e. The van der Waals surface area contributed by atoms with Crippen LogP contribution < -0.4 is 10.2 Å². The summed E-state index contributed by atoms with van der Waals surface area (Å²) in [5.41, 5.74) is 2.35. The first kappa shape index (κ1) is 15.5. The van der Waals surface area contributed by atoms with Gasteiger partial charge in [0.25, 0.3) is 11.6 Å². The van der Waals surface area contributed by atoms with Crippen LogP contribution in [0.5, 0.6) is 0 Å². The van der Waals surface area contributed by atoms with Gasteiger partial charge in [0.05, 0.1) is 16.2 Å². The minimum atomic E-state index is -0.461. The lowest BCUT2D eigenvalue weighted by atomic mass is 10.1. The summed E-state index contributed by atoms with van der Waals surface area (Å²) in [5.74, 6) is -0.297. The van der Waals surface area contributed by atoms with Crippen molar-refractivity contribution in [2.45, 2.75) is 6.92 Å². The monoisotopic (exact) mass is 299 g/mol. The molecule has 0 aromatic heterocycles. The number of carbonyl (C=O) groups is 1. The van der Waals surface area contributed by atoms with Crippen LogP contribution in [0.1, 0.15) is 15.9 Å². The van der Waals surface area contributed by atoms with Crippen molar-refractivity contribution in [2.24, 2.45) is 0 Å². The lowest BCUT2D eigenvalue weighted by Crippen LogP contribution is -2.14. The Hall–Kier alpha value is -2.89. The minimum Gasteiger partial charge on any atom is -0.378 e. The van der Waals surface area contributed by atoms with E-state index in [2.05, 4.69) is 5.32 Å². The van der Waals surface area contributed by atoms with Crippen LogP contribution in [0.2, 0.25) is 0 Å². The summed E-state index contributed by atoms with van der Waals surface area (Å²) in [4.78, 5) is 24.6. The number of hydrogen-bond donors (Lipinski definition) is 1. The molecule has 22 heavy (non-hydrogen) atoms. The van der Waals surface area contributed by atoms with Crippen molar-refractivity contribution < 1.29 is 9.72 Å². The molecular formula is C16H17N3O3. The predicted octanol–water partition coefficient (Wildman–Crippen LogP) is 3.22. The smallest absolute Gasteiger partial charge is 0.274 e. The summed E-state index contributed by atoms with van der Waals surface area (Å²) >= 11 is 0. The molecule has 1 amide bonds. The van der Waals surface area contributed by atoms with Gasteiger partial charge in [-0.25, -0.2) is 0 Å². The molecule has 0 saturated heterocycles. The summed E-state index contributed by atoms with van der Waals surface area (Å²) in [6.45, 7) is 1.61. The molecule has 1 N–H and O–H groups in total. The molecular weight excluding hydrogens is 282 g/mol. The quantitative estimate of drug-likeness (QED) is 0.694. The van der Waals surface area contributed by atoms with E-state index in [1.54, 1.807) is 31.2 Å². The second-order valence-corrected chi connectivity index (χ2v) is 5.10. The highest BCUT2D eigenvalue weighted by atomic mass is 16.6. The van der Waals surface area contributed by atoms with Crippen molar-refractivity contribution in [1.82, 2.24) is 0 Å². The van der Waals surface area contributed by atoms with E-state index in [1.807, 2.05) is 31.1 Å². The Morgan fingerprint density at radius 1 is 1.14 bits per heavy atom. The Morgan fingerprint density at radius 2 is 1.77 bits per heavy atom. The van der Waals surface area contributed by atoms with E-state index in [0.29, 0.717) is 16.8 Å². The van der Waals surface area contributed by atoms with Gasteiger partial charge < -0.3 is 10.2 Å². The molecule has 114 valence electrons. The first-order chi connectivity index (χ1) is 10.4. The number of nitrogens with zero attached hydrogens (tertiary/aromatic N) is 2. The van der Waals surface area contributed by atoms with Crippen LogP contribution in [0.15, 0.2) is 42.5 Å². The summed E-state index contributed by atoms with van der Waals surface area (Å²) in [7, 11) is 3.84. The lowest BCUT2D eigenvalue weighted by molar-refractivity contribution is -0.385. The van der Waals surface area contributed by atoms with Gasteiger partial charge in [-0.05, 0) is 37.3 Å². The van der Waals surface area contributed by atoms with Crippen LogP contribution in [0.3, 0.4) is 0 Å². The van der Waals surface area contributed by atoms with Gasteiger partial charge in [-0.15, -0.1) is 0 Å². The van der Waals surface area contributed by atoms with Gasteiger partial charge in [-0.1, -0.05) is 6.07 Å². The zero-order valence-corrected chi connectivity index (χ0v) is 12.7. The molecule has 0 aliphatic rings. The van der Waals surface area contributed by atoms with Crippen LogP contribution >= 0.6 is 0 Å². The molecule has 0 aliphatic heterocycles. The summed E-state index contributed by atoms with van der Waals surface area (Å²) in [6, 6.07) is 11.7. The van der Waals surface area contributed by atoms with Crippen LogP contribution in [-0.2, 0) is 0 Å². The molecule has 0 atom stereocenters. The molecule has 0 unspecified atom stereocenters. The number of amides is 1. The second-order valence-electron chi connectivity index (χ2n) is 5.10.